The van der Waals surface area contributed by atoms with Gasteiger partial charge in [-0.15, -0.1) is 0 Å². The molecule has 0 saturated carbocycles. The fourth-order valence-electron chi connectivity index (χ4n) is 3.23. The van der Waals surface area contributed by atoms with Crippen molar-refractivity contribution in [1.82, 2.24) is 5.48 Å². The van der Waals surface area contributed by atoms with Crippen LogP contribution in [0.5, 0.6) is 0 Å². The molecule has 1 fully saturated rings. The Morgan fingerprint density at radius 1 is 1.12 bits per heavy atom. The monoisotopic (exact) mass is 464 g/mol. The molecule has 0 spiro atoms. The first kappa shape index (κ1) is 26.7. The summed E-state index contributed by atoms with van der Waals surface area (Å²) in [7, 11) is 3.84. The van der Waals surface area contributed by atoms with Crippen LogP contribution in [-0.2, 0) is 14.4 Å². The van der Waals surface area contributed by atoms with E-state index < -0.39 is 49.1 Å². The van der Waals surface area contributed by atoms with Gasteiger partial charge in [0.1, 0.15) is 24.4 Å². The zero-order valence-electron chi connectivity index (χ0n) is 19.1. The number of rotatable bonds is 9. The molecule has 10 nitrogen and oxygen atoms in total. The van der Waals surface area contributed by atoms with Crippen LogP contribution in [0, 0.1) is 5.92 Å². The number of aliphatic hydroxyl groups excluding tert-OH is 4. The first-order valence-corrected chi connectivity index (χ1v) is 10.5. The van der Waals surface area contributed by atoms with Crippen LogP contribution in [0.15, 0.2) is 48.1 Å². The van der Waals surface area contributed by atoms with Crippen molar-refractivity contribution in [2.75, 3.05) is 25.6 Å². The van der Waals surface area contributed by atoms with Gasteiger partial charge in [0.05, 0.1) is 6.61 Å². The predicted octanol–water partition coefficient (Wildman–Crippen LogP) is -0.0784. The van der Waals surface area contributed by atoms with Crippen LogP contribution in [0.4, 0.5) is 5.69 Å². The molecule has 6 unspecified atom stereocenters. The van der Waals surface area contributed by atoms with E-state index >= 15 is 0 Å². The number of carbonyl (C=O) groups excluding carboxylic acids is 2. The lowest BCUT2D eigenvalue weighted by atomic mass is 9.97. The minimum atomic E-state index is -1.63. The highest BCUT2D eigenvalue weighted by Gasteiger charge is 2.44. The van der Waals surface area contributed by atoms with E-state index in [9.17, 15) is 24.9 Å². The van der Waals surface area contributed by atoms with E-state index in [0.717, 1.165) is 5.69 Å². The Morgan fingerprint density at radius 3 is 2.33 bits per heavy atom. The normalized spacial score (nSPS) is 26.8. The maximum atomic E-state index is 12.6. The molecular formula is C23H32N2O8. The molecule has 10 heteroatoms. The van der Waals surface area contributed by atoms with Gasteiger partial charge in [0.2, 0.25) is 6.29 Å². The third kappa shape index (κ3) is 7.19. The average Bonchev–Trinajstić information content (AvgIpc) is 2.80. The lowest BCUT2D eigenvalue weighted by Crippen LogP contribution is -2.60. The minimum Gasteiger partial charge on any atom is -0.394 e. The second kappa shape index (κ2) is 12.0. The minimum absolute atomic E-state index is 0.0524. The Hall–Kier alpha value is -2.60. The molecule has 1 aliphatic rings. The van der Waals surface area contributed by atoms with Crippen LogP contribution < -0.4 is 10.4 Å². The molecule has 1 saturated heterocycles. The first-order chi connectivity index (χ1) is 15.5. The second-order valence-corrected chi connectivity index (χ2v) is 8.12. The number of Topliss-reactive ketones (excluding diaryl/α,β-unsaturated/α-hetero) is 1. The van der Waals surface area contributed by atoms with Crippen molar-refractivity contribution in [3.05, 3.63) is 53.6 Å². The van der Waals surface area contributed by atoms with E-state index in [2.05, 4.69) is 5.48 Å². The molecule has 1 aromatic rings. The van der Waals surface area contributed by atoms with E-state index in [0.29, 0.717) is 11.1 Å². The number of amides is 1. The lowest BCUT2D eigenvalue weighted by molar-refractivity contribution is -0.312. The van der Waals surface area contributed by atoms with Crippen LogP contribution in [0.2, 0.25) is 0 Å². The number of hydrogen-bond acceptors (Lipinski definition) is 9. The van der Waals surface area contributed by atoms with Crippen LogP contribution in [0.1, 0.15) is 24.2 Å². The van der Waals surface area contributed by atoms with Gasteiger partial charge in [0, 0.05) is 37.3 Å². The van der Waals surface area contributed by atoms with Gasteiger partial charge >= 0.3 is 0 Å². The molecule has 5 N–H and O–H groups in total. The molecule has 0 bridgehead atoms. The van der Waals surface area contributed by atoms with E-state index in [-0.39, 0.29) is 5.78 Å². The molecule has 1 aliphatic heterocycles. The molecule has 1 amide bonds. The van der Waals surface area contributed by atoms with Crippen LogP contribution >= 0.6 is 0 Å². The SMILES string of the molecule is CC(C=CC(=O)NOC1OC(CO)C(O)C(O)C1O)=CC(C)C(=O)c1ccc(N(C)C)cc1. The molecular weight excluding hydrogens is 432 g/mol. The summed E-state index contributed by atoms with van der Waals surface area (Å²) in [5.74, 6) is -1.14. The van der Waals surface area contributed by atoms with Crippen molar-refractivity contribution in [3.8, 4) is 0 Å². The van der Waals surface area contributed by atoms with Crippen molar-refractivity contribution in [3.63, 3.8) is 0 Å². The van der Waals surface area contributed by atoms with Crippen LogP contribution in [0.25, 0.3) is 0 Å². The van der Waals surface area contributed by atoms with E-state index in [1.54, 1.807) is 32.1 Å². The van der Waals surface area contributed by atoms with Crippen LogP contribution in [0.3, 0.4) is 0 Å². The first-order valence-electron chi connectivity index (χ1n) is 10.5. The molecule has 0 aliphatic carbocycles. The maximum absolute atomic E-state index is 12.6. The number of anilines is 1. The molecule has 33 heavy (non-hydrogen) atoms. The Labute approximate surface area is 192 Å². The van der Waals surface area contributed by atoms with Crippen molar-refractivity contribution >= 4 is 17.4 Å². The summed E-state index contributed by atoms with van der Waals surface area (Å²) in [6, 6.07) is 7.29. The number of nitrogens with one attached hydrogen (secondary N) is 1. The highest BCUT2D eigenvalue weighted by Crippen LogP contribution is 2.21. The number of allylic oxidation sites excluding steroid dienone is 3. The Balaban J connectivity index is 1.89. The quantitative estimate of drug-likeness (QED) is 0.146. The zero-order valence-corrected chi connectivity index (χ0v) is 19.1. The van der Waals surface area contributed by atoms with Crippen LogP contribution in [-0.4, -0.2) is 83.5 Å². The highest BCUT2D eigenvalue weighted by atomic mass is 16.8. The fourth-order valence-corrected chi connectivity index (χ4v) is 3.23. The molecule has 0 aromatic heterocycles. The molecule has 0 radical (unpaired) electrons. The smallest absolute Gasteiger partial charge is 0.267 e. The van der Waals surface area contributed by atoms with Gasteiger partial charge in [0.25, 0.3) is 5.91 Å². The number of ether oxygens (including phenoxy) is 1. The van der Waals surface area contributed by atoms with Gasteiger partial charge in [0.15, 0.2) is 5.78 Å². The summed E-state index contributed by atoms with van der Waals surface area (Å²) < 4.78 is 5.13. The van der Waals surface area contributed by atoms with Gasteiger partial charge in [-0.05, 0) is 31.2 Å². The number of aliphatic hydroxyl groups is 4. The topological polar surface area (TPSA) is 149 Å². The third-order valence-corrected chi connectivity index (χ3v) is 5.22. The van der Waals surface area contributed by atoms with Gasteiger partial charge in [-0.1, -0.05) is 24.6 Å². The largest absolute Gasteiger partial charge is 0.394 e. The summed E-state index contributed by atoms with van der Waals surface area (Å²) >= 11 is 0. The summed E-state index contributed by atoms with van der Waals surface area (Å²) in [5, 5.41) is 38.5. The number of benzene rings is 1. The van der Waals surface area contributed by atoms with Crippen molar-refractivity contribution in [2.45, 2.75) is 44.6 Å². The molecule has 1 heterocycles. The Morgan fingerprint density at radius 2 is 1.76 bits per heavy atom. The average molecular weight is 465 g/mol. The van der Waals surface area contributed by atoms with Crippen molar-refractivity contribution in [1.29, 1.82) is 0 Å². The van der Waals surface area contributed by atoms with Crippen molar-refractivity contribution in [2.24, 2.45) is 5.92 Å². The zero-order chi connectivity index (χ0) is 24.7. The number of ketones is 1. The maximum Gasteiger partial charge on any atom is 0.267 e. The molecule has 182 valence electrons. The number of nitrogens with zero attached hydrogens (tertiary/aromatic N) is 1. The number of carbonyl (C=O) groups is 2. The summed E-state index contributed by atoms with van der Waals surface area (Å²) in [5.41, 5.74) is 4.30. The number of hydroxylamine groups is 1. The van der Waals surface area contributed by atoms with E-state index in [4.69, 9.17) is 14.7 Å². The van der Waals surface area contributed by atoms with E-state index in [1.807, 2.05) is 31.1 Å². The van der Waals surface area contributed by atoms with E-state index in [1.165, 1.54) is 12.2 Å². The number of hydrogen-bond donors (Lipinski definition) is 5. The Kier molecular flexibility index (Phi) is 9.71. The van der Waals surface area contributed by atoms with Gasteiger partial charge in [-0.25, -0.2) is 10.3 Å². The second-order valence-electron chi connectivity index (χ2n) is 8.12. The van der Waals surface area contributed by atoms with Crippen molar-refractivity contribution < 1.29 is 39.6 Å². The predicted molar refractivity (Wildman–Crippen MR) is 120 cm³/mol. The third-order valence-electron chi connectivity index (χ3n) is 5.22. The van der Waals surface area contributed by atoms with Gasteiger partial charge in [-0.3, -0.25) is 9.59 Å². The summed E-state index contributed by atoms with van der Waals surface area (Å²) in [6.07, 6.45) is -3.02. The Bertz CT molecular complexity index is 866. The van der Waals surface area contributed by atoms with Gasteiger partial charge in [-0.2, -0.15) is 0 Å². The van der Waals surface area contributed by atoms with Gasteiger partial charge < -0.3 is 30.1 Å². The standard InChI is InChI=1S/C23H32N2O8/c1-13(11-14(2)19(28)15-6-8-16(9-7-15)25(3)4)5-10-18(27)24-33-23-22(31)21(30)20(29)17(12-26)32-23/h5-11,14,17,20-23,26,29-31H,12H2,1-4H3,(H,24,27). The molecule has 2 rings (SSSR count). The molecule has 1 aromatic carbocycles. The molecule has 6 atom stereocenters. The fraction of sp³-hybridized carbons (Fsp3) is 0.478. The summed E-state index contributed by atoms with van der Waals surface area (Å²) in [4.78, 5) is 31.5. The highest BCUT2D eigenvalue weighted by molar-refractivity contribution is 5.99. The lowest BCUT2D eigenvalue weighted by Gasteiger charge is -2.38. The summed E-state index contributed by atoms with van der Waals surface area (Å²) in [6.45, 7) is 2.89.